The van der Waals surface area contributed by atoms with Crippen LogP contribution in [-0.4, -0.2) is 60.4 Å². The van der Waals surface area contributed by atoms with Gasteiger partial charge < -0.3 is 15.1 Å². The Hall–Kier alpha value is -1.41. The van der Waals surface area contributed by atoms with E-state index in [-0.39, 0.29) is 6.03 Å². The number of hydrogen-bond donors (Lipinski definition) is 2. The predicted octanol–water partition coefficient (Wildman–Crippen LogP) is 2.13. The molecule has 1 spiro atoms. The molecule has 24 heavy (non-hydrogen) atoms. The first-order valence-corrected chi connectivity index (χ1v) is 9.78. The van der Waals surface area contributed by atoms with Crippen molar-refractivity contribution in [1.82, 2.24) is 20.4 Å². The Balaban J connectivity index is 1.28. The summed E-state index contributed by atoms with van der Waals surface area (Å²) in [5.41, 5.74) is 0.540. The van der Waals surface area contributed by atoms with Gasteiger partial charge in [-0.15, -0.1) is 10.2 Å². The molecule has 0 bridgehead atoms. The second-order valence-corrected chi connectivity index (χ2v) is 8.58. The molecular weight excluding hydrogens is 324 g/mol. The monoisotopic (exact) mass is 350 g/mol. The van der Waals surface area contributed by atoms with E-state index in [4.69, 9.17) is 0 Å². The molecule has 1 aliphatic carbocycles. The minimum absolute atomic E-state index is 0.153. The zero-order valence-corrected chi connectivity index (χ0v) is 15.1. The first-order valence-electron chi connectivity index (χ1n) is 8.96. The van der Waals surface area contributed by atoms with E-state index < -0.39 is 0 Å². The Kier molecular flexibility index (Phi) is 4.34. The minimum Gasteiger partial charge on any atom is -0.347 e. The number of rotatable bonds is 3. The summed E-state index contributed by atoms with van der Waals surface area (Å²) in [7, 11) is 2.19. The maximum absolute atomic E-state index is 12.0. The number of carbonyl (C=O) groups is 1. The summed E-state index contributed by atoms with van der Waals surface area (Å²) in [6, 6.07) is 0.163. The van der Waals surface area contributed by atoms with E-state index in [1.54, 1.807) is 0 Å². The molecular formula is C16H26N6OS. The van der Waals surface area contributed by atoms with Gasteiger partial charge in [0.05, 0.1) is 0 Å². The van der Waals surface area contributed by atoms with Gasteiger partial charge >= 0.3 is 6.03 Å². The van der Waals surface area contributed by atoms with E-state index in [1.165, 1.54) is 50.1 Å². The Bertz CT molecular complexity index is 583. The lowest BCUT2D eigenvalue weighted by Crippen LogP contribution is -2.58. The Morgan fingerprint density at radius 1 is 1.21 bits per heavy atom. The van der Waals surface area contributed by atoms with Crippen LogP contribution in [0.4, 0.5) is 15.1 Å². The summed E-state index contributed by atoms with van der Waals surface area (Å²) < 4.78 is 0. The van der Waals surface area contributed by atoms with E-state index in [9.17, 15) is 4.79 Å². The summed E-state index contributed by atoms with van der Waals surface area (Å²) in [5, 5.41) is 15.8. The first-order chi connectivity index (χ1) is 11.6. The standard InChI is InChI=1S/C16H26N6OS/c1-21-10-16(11-21)6-8-22(9-7-16)15-20-19-14(24-15)18-13(23)17-12-4-2-3-5-12/h12H,2-11H2,1H3,(H2,17,18,19,23). The number of piperidine rings is 1. The topological polar surface area (TPSA) is 73.4 Å². The SMILES string of the molecule is CN1CC2(CCN(c3nnc(NC(=O)NC4CCCC4)s3)CC2)C1. The van der Waals surface area contributed by atoms with Gasteiger partial charge in [0, 0.05) is 32.2 Å². The van der Waals surface area contributed by atoms with Crippen molar-refractivity contribution in [2.45, 2.75) is 44.6 Å². The minimum atomic E-state index is -0.153. The van der Waals surface area contributed by atoms with Crippen LogP contribution in [0.15, 0.2) is 0 Å². The number of hydrogen-bond acceptors (Lipinski definition) is 6. The van der Waals surface area contributed by atoms with Crippen molar-refractivity contribution in [3.8, 4) is 0 Å². The zero-order valence-electron chi connectivity index (χ0n) is 14.3. The van der Waals surface area contributed by atoms with Crippen LogP contribution in [0.5, 0.6) is 0 Å². The van der Waals surface area contributed by atoms with Gasteiger partial charge in [0.1, 0.15) is 0 Å². The number of likely N-dealkylation sites (tertiary alicyclic amines) is 1. The van der Waals surface area contributed by atoms with Crippen molar-refractivity contribution in [3.63, 3.8) is 0 Å². The summed E-state index contributed by atoms with van der Waals surface area (Å²) >= 11 is 1.47. The van der Waals surface area contributed by atoms with Gasteiger partial charge in [0.25, 0.3) is 0 Å². The third-order valence-corrected chi connectivity index (χ3v) is 6.53. The van der Waals surface area contributed by atoms with Gasteiger partial charge in [0.15, 0.2) is 0 Å². The molecule has 0 unspecified atom stereocenters. The van der Waals surface area contributed by atoms with Gasteiger partial charge in [-0.2, -0.15) is 0 Å². The lowest BCUT2D eigenvalue weighted by molar-refractivity contribution is 0.00130. The molecule has 2 amide bonds. The number of urea groups is 1. The summed E-state index contributed by atoms with van der Waals surface area (Å²) in [6.07, 6.45) is 7.03. The van der Waals surface area contributed by atoms with E-state index in [1.807, 2.05) is 0 Å². The van der Waals surface area contributed by atoms with E-state index in [0.717, 1.165) is 31.1 Å². The van der Waals surface area contributed by atoms with Crippen molar-refractivity contribution in [2.24, 2.45) is 5.41 Å². The maximum Gasteiger partial charge on any atom is 0.321 e. The maximum atomic E-state index is 12.0. The molecule has 0 atom stereocenters. The third-order valence-electron chi connectivity index (χ3n) is 5.63. The highest BCUT2D eigenvalue weighted by molar-refractivity contribution is 7.19. The molecule has 3 aliphatic rings. The van der Waals surface area contributed by atoms with Gasteiger partial charge in [-0.05, 0) is 38.1 Å². The molecule has 3 fully saturated rings. The number of nitrogens with zero attached hydrogens (tertiary/aromatic N) is 4. The van der Waals surface area contributed by atoms with Gasteiger partial charge in [0.2, 0.25) is 10.3 Å². The third kappa shape index (κ3) is 3.35. The summed E-state index contributed by atoms with van der Waals surface area (Å²) in [4.78, 5) is 16.7. The van der Waals surface area contributed by atoms with Gasteiger partial charge in [-0.3, -0.25) is 5.32 Å². The highest BCUT2D eigenvalue weighted by Crippen LogP contribution is 2.41. The quantitative estimate of drug-likeness (QED) is 0.874. The second-order valence-electron chi connectivity index (χ2n) is 7.63. The number of aromatic nitrogens is 2. The highest BCUT2D eigenvalue weighted by Gasteiger charge is 2.43. The number of amides is 2. The molecule has 2 N–H and O–H groups in total. The molecule has 2 saturated heterocycles. The van der Waals surface area contributed by atoms with Crippen LogP contribution in [0, 0.1) is 5.41 Å². The van der Waals surface area contributed by atoms with Gasteiger partial charge in [-0.1, -0.05) is 24.2 Å². The summed E-state index contributed by atoms with van der Waals surface area (Å²) in [5.74, 6) is 0. The lowest BCUT2D eigenvalue weighted by Gasteiger charge is -2.52. The van der Waals surface area contributed by atoms with Crippen LogP contribution in [0.2, 0.25) is 0 Å². The molecule has 1 aromatic heterocycles. The fourth-order valence-electron chi connectivity index (χ4n) is 4.37. The number of carbonyl (C=O) groups excluding carboxylic acids is 1. The Morgan fingerprint density at radius 3 is 2.58 bits per heavy atom. The molecule has 3 heterocycles. The fraction of sp³-hybridized carbons (Fsp3) is 0.812. The largest absolute Gasteiger partial charge is 0.347 e. The smallest absolute Gasteiger partial charge is 0.321 e. The van der Waals surface area contributed by atoms with Crippen LogP contribution in [0.25, 0.3) is 0 Å². The first kappa shape index (κ1) is 16.1. The van der Waals surface area contributed by atoms with Crippen LogP contribution in [0.3, 0.4) is 0 Å². The highest BCUT2D eigenvalue weighted by atomic mass is 32.1. The van der Waals surface area contributed by atoms with E-state index >= 15 is 0 Å². The Labute approximate surface area is 146 Å². The normalized spacial score (nSPS) is 24.1. The van der Waals surface area contributed by atoms with Crippen LogP contribution < -0.4 is 15.5 Å². The van der Waals surface area contributed by atoms with Crippen LogP contribution in [-0.2, 0) is 0 Å². The number of anilines is 2. The molecule has 4 rings (SSSR count). The average Bonchev–Trinajstić information content (AvgIpc) is 3.19. The van der Waals surface area contributed by atoms with Gasteiger partial charge in [-0.25, -0.2) is 4.79 Å². The van der Waals surface area contributed by atoms with Crippen molar-refractivity contribution < 1.29 is 4.79 Å². The molecule has 132 valence electrons. The van der Waals surface area contributed by atoms with Crippen molar-refractivity contribution in [2.75, 3.05) is 43.4 Å². The van der Waals surface area contributed by atoms with Crippen LogP contribution >= 0.6 is 11.3 Å². The summed E-state index contributed by atoms with van der Waals surface area (Å²) in [6.45, 7) is 4.53. The molecule has 0 radical (unpaired) electrons. The molecule has 0 aromatic carbocycles. The average molecular weight is 350 g/mol. The fourth-order valence-corrected chi connectivity index (χ4v) is 5.16. The Morgan fingerprint density at radius 2 is 1.92 bits per heavy atom. The van der Waals surface area contributed by atoms with E-state index in [0.29, 0.717) is 16.6 Å². The second kappa shape index (κ2) is 6.48. The molecule has 1 saturated carbocycles. The predicted molar refractivity (Wildman–Crippen MR) is 95.7 cm³/mol. The lowest BCUT2D eigenvalue weighted by atomic mass is 9.72. The number of nitrogens with one attached hydrogen (secondary N) is 2. The van der Waals surface area contributed by atoms with E-state index in [2.05, 4.69) is 37.7 Å². The molecule has 1 aromatic rings. The van der Waals surface area contributed by atoms with Crippen molar-refractivity contribution in [3.05, 3.63) is 0 Å². The molecule has 2 aliphatic heterocycles. The molecule has 8 heteroatoms. The van der Waals surface area contributed by atoms with Crippen molar-refractivity contribution >= 4 is 27.6 Å². The molecule has 7 nitrogen and oxygen atoms in total. The van der Waals surface area contributed by atoms with Crippen molar-refractivity contribution in [1.29, 1.82) is 0 Å². The zero-order chi connectivity index (χ0) is 16.6. The van der Waals surface area contributed by atoms with Crippen LogP contribution in [0.1, 0.15) is 38.5 Å².